The molecule has 41 heavy (non-hydrogen) atoms. The van der Waals surface area contributed by atoms with Gasteiger partial charge in [-0.25, -0.2) is 14.8 Å². The monoisotopic (exact) mass is 580 g/mol. The van der Waals surface area contributed by atoms with Gasteiger partial charge in [-0.15, -0.1) is 11.3 Å². The smallest absolute Gasteiger partial charge is 0.410 e. The number of carbonyl (C=O) groups excluding carboxylic acids is 2. The molecule has 0 spiro atoms. The number of amides is 2. The van der Waals surface area contributed by atoms with Gasteiger partial charge in [0.1, 0.15) is 21.1 Å². The van der Waals surface area contributed by atoms with Crippen LogP contribution in [0.3, 0.4) is 0 Å². The zero-order valence-corrected chi connectivity index (χ0v) is 25.5. The Morgan fingerprint density at radius 1 is 1.20 bits per heavy atom. The van der Waals surface area contributed by atoms with Crippen LogP contribution in [0, 0.1) is 12.8 Å². The Labute approximate surface area is 245 Å². The number of nitrogens with zero attached hydrogens (tertiary/aromatic N) is 4. The fraction of sp³-hybridized carbons (Fsp3) is 0.533. The number of likely N-dealkylation sites (N-methyl/N-ethyl adjacent to an activating group) is 1. The van der Waals surface area contributed by atoms with E-state index >= 15 is 0 Å². The van der Waals surface area contributed by atoms with Crippen LogP contribution < -0.4 is 16.0 Å². The summed E-state index contributed by atoms with van der Waals surface area (Å²) in [5.41, 5.74) is 9.34. The van der Waals surface area contributed by atoms with Gasteiger partial charge in [0.2, 0.25) is 0 Å². The van der Waals surface area contributed by atoms with Gasteiger partial charge in [0.25, 0.3) is 5.91 Å². The summed E-state index contributed by atoms with van der Waals surface area (Å²) in [5, 5.41) is 4.01. The normalized spacial score (nSPS) is 20.6. The topological polar surface area (TPSA) is 123 Å². The third-order valence-corrected chi connectivity index (χ3v) is 8.93. The zero-order valence-electron chi connectivity index (χ0n) is 24.7. The summed E-state index contributed by atoms with van der Waals surface area (Å²) in [4.78, 5) is 40.7. The van der Waals surface area contributed by atoms with Crippen molar-refractivity contribution < 1.29 is 19.1 Å². The highest BCUT2D eigenvalue weighted by Gasteiger charge is 2.39. The number of ether oxygens (including phenoxy) is 2. The second-order valence-electron chi connectivity index (χ2n) is 12.1. The van der Waals surface area contributed by atoms with E-state index in [2.05, 4.69) is 21.3 Å². The van der Waals surface area contributed by atoms with Crippen LogP contribution in [0.2, 0.25) is 0 Å². The lowest BCUT2D eigenvalue weighted by molar-refractivity contribution is 0.0161. The number of methoxy groups -OCH3 is 1. The summed E-state index contributed by atoms with van der Waals surface area (Å²) in [6, 6.07) is 7.95. The van der Waals surface area contributed by atoms with Gasteiger partial charge in [0.15, 0.2) is 0 Å². The van der Waals surface area contributed by atoms with E-state index in [0.717, 1.165) is 52.4 Å². The second kappa shape index (κ2) is 11.4. The Morgan fingerprint density at radius 3 is 2.71 bits per heavy atom. The fourth-order valence-electron chi connectivity index (χ4n) is 5.74. The van der Waals surface area contributed by atoms with E-state index in [1.807, 2.05) is 45.9 Å². The molecule has 3 aromatic heterocycles. The number of nitrogen functional groups attached to an aromatic ring is 1. The Bertz CT molecular complexity index is 1450. The number of aromatic nitrogens is 2. The molecule has 220 valence electrons. The SMILES string of the molecule is COCC1CN(c2ccc3c(n2)CC[C@H](NC(=O)c2sc4nc(C)ccc4c2N)C3)CC1N(C)C(=O)OC(C)(C)C. The second-order valence-corrected chi connectivity index (χ2v) is 13.1. The molecule has 0 bridgehead atoms. The van der Waals surface area contributed by atoms with Crippen molar-refractivity contribution in [3.05, 3.63) is 46.1 Å². The number of pyridine rings is 2. The average molecular weight is 581 g/mol. The summed E-state index contributed by atoms with van der Waals surface area (Å²) in [6.07, 6.45) is 1.95. The molecule has 3 N–H and O–H groups in total. The van der Waals surface area contributed by atoms with Crippen molar-refractivity contribution in [1.29, 1.82) is 0 Å². The molecule has 3 atom stereocenters. The van der Waals surface area contributed by atoms with E-state index in [1.165, 1.54) is 11.3 Å². The summed E-state index contributed by atoms with van der Waals surface area (Å²) >= 11 is 1.34. The van der Waals surface area contributed by atoms with Crippen LogP contribution in [0.15, 0.2) is 24.3 Å². The van der Waals surface area contributed by atoms with Crippen LogP contribution in [-0.2, 0) is 22.3 Å². The Kier molecular flexibility index (Phi) is 8.11. The molecule has 2 unspecified atom stereocenters. The van der Waals surface area contributed by atoms with Gasteiger partial charge in [-0.05, 0) is 70.7 Å². The minimum atomic E-state index is -0.557. The predicted molar refractivity (Wildman–Crippen MR) is 162 cm³/mol. The van der Waals surface area contributed by atoms with Gasteiger partial charge >= 0.3 is 6.09 Å². The van der Waals surface area contributed by atoms with Crippen molar-refractivity contribution in [3.63, 3.8) is 0 Å². The fourth-order valence-corrected chi connectivity index (χ4v) is 6.78. The molecule has 3 aromatic rings. The molecule has 2 amide bonds. The number of carbonyl (C=O) groups is 2. The molecule has 0 radical (unpaired) electrons. The van der Waals surface area contributed by atoms with Crippen molar-refractivity contribution in [2.75, 3.05) is 44.5 Å². The number of thiophene rings is 1. The van der Waals surface area contributed by atoms with E-state index in [0.29, 0.717) is 30.1 Å². The van der Waals surface area contributed by atoms with Crippen LogP contribution in [-0.4, -0.2) is 78.4 Å². The van der Waals surface area contributed by atoms with Crippen LogP contribution in [0.4, 0.5) is 16.3 Å². The van der Waals surface area contributed by atoms with Crippen molar-refractivity contribution in [2.24, 2.45) is 5.92 Å². The molecular formula is C30H40N6O4S. The van der Waals surface area contributed by atoms with Crippen LogP contribution in [0.5, 0.6) is 0 Å². The highest BCUT2D eigenvalue weighted by Crippen LogP contribution is 2.33. The number of hydrogen-bond acceptors (Lipinski definition) is 9. The molecule has 0 aromatic carbocycles. The molecular weight excluding hydrogens is 540 g/mol. The number of fused-ring (bicyclic) bond motifs is 2. The number of aryl methyl sites for hydroxylation is 2. The Hall–Kier alpha value is -3.44. The van der Waals surface area contributed by atoms with Gasteiger partial charge in [-0.2, -0.15) is 0 Å². The minimum Gasteiger partial charge on any atom is -0.444 e. The summed E-state index contributed by atoms with van der Waals surface area (Å²) in [7, 11) is 3.48. The number of nitrogens with two attached hydrogens (primary N) is 1. The molecule has 1 fully saturated rings. The number of hydrogen-bond donors (Lipinski definition) is 2. The highest BCUT2D eigenvalue weighted by molar-refractivity contribution is 7.21. The Morgan fingerprint density at radius 2 is 1.98 bits per heavy atom. The van der Waals surface area contributed by atoms with Crippen LogP contribution in [0.25, 0.3) is 10.2 Å². The third-order valence-electron chi connectivity index (χ3n) is 7.81. The average Bonchev–Trinajstić information content (AvgIpc) is 3.48. The van der Waals surface area contributed by atoms with Gasteiger partial charge in [0.05, 0.1) is 18.3 Å². The van der Waals surface area contributed by atoms with E-state index in [1.54, 1.807) is 19.1 Å². The first-order valence-electron chi connectivity index (χ1n) is 14.1. The van der Waals surface area contributed by atoms with Gasteiger partial charge < -0.3 is 30.3 Å². The molecule has 5 rings (SSSR count). The predicted octanol–water partition coefficient (Wildman–Crippen LogP) is 4.19. The molecule has 10 nitrogen and oxygen atoms in total. The molecule has 1 aliphatic heterocycles. The van der Waals surface area contributed by atoms with Crippen molar-refractivity contribution in [2.45, 2.75) is 64.6 Å². The number of nitrogens with one attached hydrogen (secondary N) is 1. The molecule has 4 heterocycles. The zero-order chi connectivity index (χ0) is 29.5. The third kappa shape index (κ3) is 6.25. The maximum absolute atomic E-state index is 13.1. The summed E-state index contributed by atoms with van der Waals surface area (Å²) < 4.78 is 11.1. The molecule has 0 saturated carbocycles. The molecule has 1 aliphatic carbocycles. The lowest BCUT2D eigenvalue weighted by Crippen LogP contribution is -2.45. The Balaban J connectivity index is 1.25. The molecule has 2 aliphatic rings. The van der Waals surface area contributed by atoms with E-state index < -0.39 is 5.60 Å². The first kappa shape index (κ1) is 29.1. The summed E-state index contributed by atoms with van der Waals surface area (Å²) in [6.45, 7) is 9.47. The first-order chi connectivity index (χ1) is 19.4. The lowest BCUT2D eigenvalue weighted by atomic mass is 9.91. The molecule has 11 heteroatoms. The lowest BCUT2D eigenvalue weighted by Gasteiger charge is -2.31. The van der Waals surface area contributed by atoms with Gasteiger partial charge in [-0.1, -0.05) is 6.07 Å². The van der Waals surface area contributed by atoms with Gasteiger partial charge in [0, 0.05) is 56.0 Å². The summed E-state index contributed by atoms with van der Waals surface area (Å²) in [5.74, 6) is 0.881. The number of anilines is 2. The standard InChI is InChI=1S/C30H40N6O4S/c1-17-7-10-21-25(31)26(41-28(21)32-17)27(37)33-20-9-11-22-18(13-20)8-12-24(34-22)36-14-19(16-39-6)23(15-36)35(5)29(38)40-30(2,3)4/h7-8,10,12,19-20,23H,9,11,13-16,31H2,1-6H3,(H,33,37)/t19?,20-,23?/m0/s1. The quantitative estimate of drug-likeness (QED) is 0.445. The maximum Gasteiger partial charge on any atom is 0.410 e. The largest absolute Gasteiger partial charge is 0.444 e. The van der Waals surface area contributed by atoms with E-state index in [9.17, 15) is 9.59 Å². The van der Waals surface area contributed by atoms with E-state index in [4.69, 9.17) is 20.2 Å². The van der Waals surface area contributed by atoms with Crippen molar-refractivity contribution in [1.82, 2.24) is 20.2 Å². The van der Waals surface area contributed by atoms with Crippen molar-refractivity contribution in [3.8, 4) is 0 Å². The van der Waals surface area contributed by atoms with Crippen LogP contribution >= 0.6 is 11.3 Å². The first-order valence-corrected chi connectivity index (χ1v) is 14.9. The maximum atomic E-state index is 13.1. The minimum absolute atomic E-state index is 0.00619. The highest BCUT2D eigenvalue weighted by atomic mass is 32.1. The van der Waals surface area contributed by atoms with Crippen LogP contribution in [0.1, 0.15) is 53.8 Å². The van der Waals surface area contributed by atoms with E-state index in [-0.39, 0.29) is 30.0 Å². The molecule has 1 saturated heterocycles. The van der Waals surface area contributed by atoms with Crippen molar-refractivity contribution >= 4 is 45.1 Å². The number of rotatable bonds is 6. The van der Waals surface area contributed by atoms with Gasteiger partial charge in [-0.3, -0.25) is 4.79 Å².